The van der Waals surface area contributed by atoms with Crippen molar-refractivity contribution in [3.05, 3.63) is 35.9 Å². The molecule has 1 heterocycles. The molecule has 1 aliphatic heterocycles. The molecule has 1 aromatic rings. The molecule has 0 saturated carbocycles. The Balaban J connectivity index is 2.03. The van der Waals surface area contributed by atoms with Crippen LogP contribution >= 0.6 is 0 Å². The Morgan fingerprint density at radius 2 is 2.10 bits per heavy atom. The van der Waals surface area contributed by atoms with E-state index in [-0.39, 0.29) is 6.03 Å². The predicted octanol–water partition coefficient (Wildman–Crippen LogP) is 2.64. The highest BCUT2D eigenvalue weighted by molar-refractivity contribution is 5.83. The molecule has 5 heteroatoms. The molecule has 0 spiro atoms. The summed E-state index contributed by atoms with van der Waals surface area (Å²) in [5.41, 5.74) is 0.586. The Morgan fingerprint density at radius 3 is 2.71 bits per heavy atom. The fourth-order valence-corrected chi connectivity index (χ4v) is 2.73. The number of hydrogen-bond acceptors (Lipinski definition) is 2. The van der Waals surface area contributed by atoms with Crippen molar-refractivity contribution in [3.63, 3.8) is 0 Å². The van der Waals surface area contributed by atoms with Gasteiger partial charge in [-0.3, -0.25) is 0 Å². The third kappa shape index (κ3) is 3.97. The number of carbonyl (C=O) groups excluding carboxylic acids is 1. The van der Waals surface area contributed by atoms with Crippen LogP contribution in [0.2, 0.25) is 0 Å². The van der Waals surface area contributed by atoms with Crippen molar-refractivity contribution in [2.75, 3.05) is 13.1 Å². The maximum absolute atomic E-state index is 12.3. The molecule has 114 valence electrons. The molecule has 0 bridgehead atoms. The van der Waals surface area contributed by atoms with Crippen molar-refractivity contribution < 1.29 is 14.7 Å². The molecule has 1 unspecified atom stereocenters. The van der Waals surface area contributed by atoms with Gasteiger partial charge in [0.2, 0.25) is 0 Å². The standard InChI is InChI=1S/C16H22N2O3/c1-2-12-7-6-10-18(11-12)16(21)17-14(15(19)20)13-8-4-3-5-9-13/h3-5,8-9,12,14H,2,6-7,10-11H2,1H3,(H,17,21)(H,19,20)/t12?,14-/m0/s1. The third-order valence-corrected chi connectivity index (χ3v) is 4.03. The van der Waals surface area contributed by atoms with Gasteiger partial charge >= 0.3 is 12.0 Å². The molecular weight excluding hydrogens is 268 g/mol. The summed E-state index contributed by atoms with van der Waals surface area (Å²) in [6.45, 7) is 3.53. The Hall–Kier alpha value is -2.04. The van der Waals surface area contributed by atoms with Gasteiger partial charge in [0, 0.05) is 13.1 Å². The van der Waals surface area contributed by atoms with E-state index in [9.17, 15) is 14.7 Å². The summed E-state index contributed by atoms with van der Waals surface area (Å²) < 4.78 is 0. The van der Waals surface area contributed by atoms with Crippen LogP contribution in [0, 0.1) is 5.92 Å². The largest absolute Gasteiger partial charge is 0.479 e. The number of carboxylic acids is 1. The third-order valence-electron chi connectivity index (χ3n) is 4.03. The minimum Gasteiger partial charge on any atom is -0.479 e. The maximum atomic E-state index is 12.3. The van der Waals surface area contributed by atoms with Gasteiger partial charge in [-0.15, -0.1) is 0 Å². The monoisotopic (exact) mass is 290 g/mol. The number of aliphatic carboxylic acids is 1. The van der Waals surface area contributed by atoms with E-state index in [1.165, 1.54) is 0 Å². The molecule has 0 aromatic heterocycles. The first-order chi connectivity index (χ1) is 10.1. The van der Waals surface area contributed by atoms with E-state index in [2.05, 4.69) is 12.2 Å². The number of likely N-dealkylation sites (tertiary alicyclic amines) is 1. The van der Waals surface area contributed by atoms with E-state index in [0.717, 1.165) is 19.3 Å². The number of benzene rings is 1. The lowest BCUT2D eigenvalue weighted by atomic mass is 9.96. The topological polar surface area (TPSA) is 69.6 Å². The highest BCUT2D eigenvalue weighted by Gasteiger charge is 2.27. The second kappa shape index (κ2) is 7.11. The number of nitrogens with zero attached hydrogens (tertiary/aromatic N) is 1. The lowest BCUT2D eigenvalue weighted by molar-refractivity contribution is -0.139. The van der Waals surface area contributed by atoms with Crippen LogP contribution < -0.4 is 5.32 Å². The normalized spacial score (nSPS) is 19.9. The van der Waals surface area contributed by atoms with Crippen LogP contribution in [0.15, 0.2) is 30.3 Å². The van der Waals surface area contributed by atoms with Crippen molar-refractivity contribution in [1.82, 2.24) is 10.2 Å². The van der Waals surface area contributed by atoms with Crippen LogP contribution in [-0.4, -0.2) is 35.1 Å². The first kappa shape index (κ1) is 15.4. The van der Waals surface area contributed by atoms with Crippen molar-refractivity contribution in [3.8, 4) is 0 Å². The van der Waals surface area contributed by atoms with Crippen LogP contribution in [0.3, 0.4) is 0 Å². The van der Waals surface area contributed by atoms with Crippen molar-refractivity contribution in [2.45, 2.75) is 32.2 Å². The minimum absolute atomic E-state index is 0.288. The molecule has 0 radical (unpaired) electrons. The van der Waals surface area contributed by atoms with Gasteiger partial charge in [-0.2, -0.15) is 0 Å². The number of nitrogens with one attached hydrogen (secondary N) is 1. The molecule has 5 nitrogen and oxygen atoms in total. The Kier molecular flexibility index (Phi) is 5.20. The first-order valence-corrected chi connectivity index (χ1v) is 7.45. The smallest absolute Gasteiger partial charge is 0.330 e. The fourth-order valence-electron chi connectivity index (χ4n) is 2.73. The number of piperidine rings is 1. The number of rotatable bonds is 4. The summed E-state index contributed by atoms with van der Waals surface area (Å²) in [5, 5.41) is 12.0. The first-order valence-electron chi connectivity index (χ1n) is 7.45. The van der Waals surface area contributed by atoms with Gasteiger partial charge in [-0.1, -0.05) is 43.7 Å². The van der Waals surface area contributed by atoms with E-state index in [1.807, 2.05) is 6.07 Å². The zero-order chi connectivity index (χ0) is 15.2. The molecule has 2 N–H and O–H groups in total. The number of carbonyl (C=O) groups is 2. The Morgan fingerprint density at radius 1 is 1.38 bits per heavy atom. The van der Waals surface area contributed by atoms with E-state index >= 15 is 0 Å². The second-order valence-electron chi connectivity index (χ2n) is 5.49. The van der Waals surface area contributed by atoms with Gasteiger partial charge in [0.15, 0.2) is 6.04 Å². The summed E-state index contributed by atoms with van der Waals surface area (Å²) in [4.78, 5) is 25.4. The zero-order valence-corrected chi connectivity index (χ0v) is 12.3. The van der Waals surface area contributed by atoms with Gasteiger partial charge in [-0.05, 0) is 24.3 Å². The van der Waals surface area contributed by atoms with Gasteiger partial charge in [-0.25, -0.2) is 9.59 Å². The quantitative estimate of drug-likeness (QED) is 0.895. The van der Waals surface area contributed by atoms with Crippen LogP contribution in [0.1, 0.15) is 37.8 Å². The SMILES string of the molecule is CCC1CCCN(C(=O)N[C@H](C(=O)O)c2ccccc2)C1. The van der Waals surface area contributed by atoms with Crippen molar-refractivity contribution in [2.24, 2.45) is 5.92 Å². The summed E-state index contributed by atoms with van der Waals surface area (Å²) >= 11 is 0. The summed E-state index contributed by atoms with van der Waals surface area (Å²) in [6, 6.07) is 7.50. The number of carboxylic acid groups (broad SMARTS) is 1. The van der Waals surface area contributed by atoms with Crippen LogP contribution in [0.4, 0.5) is 4.79 Å². The number of hydrogen-bond donors (Lipinski definition) is 2. The maximum Gasteiger partial charge on any atom is 0.330 e. The lowest BCUT2D eigenvalue weighted by Gasteiger charge is -2.33. The summed E-state index contributed by atoms with van der Waals surface area (Å²) in [5.74, 6) is -0.525. The minimum atomic E-state index is -1.04. The molecule has 0 aliphatic carbocycles. The second-order valence-corrected chi connectivity index (χ2v) is 5.49. The highest BCUT2D eigenvalue weighted by atomic mass is 16.4. The van der Waals surface area contributed by atoms with Crippen LogP contribution in [-0.2, 0) is 4.79 Å². The predicted molar refractivity (Wildman–Crippen MR) is 79.9 cm³/mol. The van der Waals surface area contributed by atoms with Crippen LogP contribution in [0.5, 0.6) is 0 Å². The molecule has 2 amide bonds. The molecule has 1 aromatic carbocycles. The van der Waals surface area contributed by atoms with E-state index in [4.69, 9.17) is 0 Å². The lowest BCUT2D eigenvalue weighted by Crippen LogP contribution is -2.47. The van der Waals surface area contributed by atoms with Crippen molar-refractivity contribution >= 4 is 12.0 Å². The zero-order valence-electron chi connectivity index (χ0n) is 12.3. The summed E-state index contributed by atoms with van der Waals surface area (Å²) in [6.07, 6.45) is 3.17. The Labute approximate surface area is 125 Å². The van der Waals surface area contributed by atoms with Gasteiger partial charge < -0.3 is 15.3 Å². The average molecular weight is 290 g/mol. The fraction of sp³-hybridized carbons (Fsp3) is 0.500. The van der Waals surface area contributed by atoms with E-state index in [1.54, 1.807) is 29.2 Å². The molecule has 1 fully saturated rings. The highest BCUT2D eigenvalue weighted by Crippen LogP contribution is 2.20. The van der Waals surface area contributed by atoms with Gasteiger partial charge in [0.05, 0.1) is 0 Å². The van der Waals surface area contributed by atoms with Gasteiger partial charge in [0.1, 0.15) is 0 Å². The molecule has 2 rings (SSSR count). The molecule has 2 atom stereocenters. The summed E-state index contributed by atoms with van der Waals surface area (Å²) in [7, 11) is 0. The van der Waals surface area contributed by atoms with Crippen molar-refractivity contribution in [1.29, 1.82) is 0 Å². The van der Waals surface area contributed by atoms with E-state index < -0.39 is 12.0 Å². The number of urea groups is 1. The molecule has 1 saturated heterocycles. The molecular formula is C16H22N2O3. The molecule has 21 heavy (non-hydrogen) atoms. The van der Waals surface area contributed by atoms with E-state index in [0.29, 0.717) is 24.6 Å². The van der Waals surface area contributed by atoms with Gasteiger partial charge in [0.25, 0.3) is 0 Å². The molecule has 1 aliphatic rings. The number of amides is 2. The average Bonchev–Trinajstić information content (AvgIpc) is 2.53. The van der Waals surface area contributed by atoms with Crippen LogP contribution in [0.25, 0.3) is 0 Å². The Bertz CT molecular complexity index is 490.